The smallest absolute Gasteiger partial charge is 0.255 e. The average molecular weight is 438 g/mol. The van der Waals surface area contributed by atoms with Gasteiger partial charge in [-0.3, -0.25) is 9.69 Å². The Kier molecular flexibility index (Phi) is 7.20. The van der Waals surface area contributed by atoms with Crippen LogP contribution in [0.2, 0.25) is 0 Å². The van der Waals surface area contributed by atoms with Crippen LogP contribution in [0.3, 0.4) is 0 Å². The van der Waals surface area contributed by atoms with Crippen molar-refractivity contribution in [3.63, 3.8) is 0 Å². The van der Waals surface area contributed by atoms with Crippen LogP contribution in [0.4, 0.5) is 5.69 Å². The summed E-state index contributed by atoms with van der Waals surface area (Å²) in [5.41, 5.74) is 3.88. The van der Waals surface area contributed by atoms with E-state index < -0.39 is 0 Å². The van der Waals surface area contributed by atoms with Crippen LogP contribution in [0.5, 0.6) is 0 Å². The minimum Gasteiger partial charge on any atom is -0.322 e. The van der Waals surface area contributed by atoms with Crippen molar-refractivity contribution >= 4 is 34.7 Å². The number of aromatic nitrogens is 1. The van der Waals surface area contributed by atoms with Gasteiger partial charge in [0.05, 0.1) is 10.7 Å². The maximum Gasteiger partial charge on any atom is 0.255 e. The van der Waals surface area contributed by atoms with Crippen molar-refractivity contribution in [3.8, 4) is 0 Å². The number of anilines is 1. The summed E-state index contributed by atoms with van der Waals surface area (Å²) in [6, 6.07) is 16.0. The van der Waals surface area contributed by atoms with E-state index >= 15 is 0 Å². The minimum atomic E-state index is -0.0724. The van der Waals surface area contributed by atoms with Gasteiger partial charge >= 0.3 is 0 Å². The summed E-state index contributed by atoms with van der Waals surface area (Å²) in [6.45, 7) is 5.32. The van der Waals surface area contributed by atoms with E-state index in [1.54, 1.807) is 23.1 Å². The molecule has 4 nitrogen and oxygen atoms in total. The fourth-order valence-corrected chi connectivity index (χ4v) is 5.17. The number of hydrogen-bond acceptors (Lipinski definition) is 5. The fourth-order valence-electron chi connectivity index (χ4n) is 3.66. The highest BCUT2D eigenvalue weighted by Crippen LogP contribution is 2.24. The minimum absolute atomic E-state index is 0.0724. The molecule has 0 saturated carbocycles. The molecule has 0 radical (unpaired) electrons. The zero-order chi connectivity index (χ0) is 20.8. The SMILES string of the molecule is Cc1nc(CSc2ccc(C(=O)Nc3cccc(CN4CCCCC4)c3)cc2)cs1. The zero-order valence-electron chi connectivity index (χ0n) is 17.3. The number of carbonyl (C=O) groups excluding carboxylic acids is 1. The van der Waals surface area contributed by atoms with Crippen LogP contribution in [-0.2, 0) is 12.3 Å². The number of hydrogen-bond donors (Lipinski definition) is 1. The second-order valence-corrected chi connectivity index (χ2v) is 9.77. The van der Waals surface area contributed by atoms with E-state index in [4.69, 9.17) is 0 Å². The number of thioether (sulfide) groups is 1. The van der Waals surface area contributed by atoms with E-state index in [9.17, 15) is 4.79 Å². The van der Waals surface area contributed by atoms with Crippen LogP contribution >= 0.6 is 23.1 Å². The Morgan fingerprint density at radius 2 is 1.93 bits per heavy atom. The third-order valence-corrected chi connectivity index (χ3v) is 7.08. The first-order chi connectivity index (χ1) is 14.7. The van der Waals surface area contributed by atoms with E-state index in [-0.39, 0.29) is 5.91 Å². The number of amides is 1. The highest BCUT2D eigenvalue weighted by Gasteiger charge is 2.11. The molecule has 0 spiro atoms. The van der Waals surface area contributed by atoms with Gasteiger partial charge in [-0.05, 0) is 74.8 Å². The van der Waals surface area contributed by atoms with Gasteiger partial charge in [0, 0.05) is 33.8 Å². The summed E-state index contributed by atoms with van der Waals surface area (Å²) in [5.74, 6) is 0.775. The molecule has 2 aromatic carbocycles. The van der Waals surface area contributed by atoms with Gasteiger partial charge in [-0.25, -0.2) is 4.98 Å². The van der Waals surface area contributed by atoms with Crippen molar-refractivity contribution in [2.24, 2.45) is 0 Å². The van der Waals surface area contributed by atoms with Crippen molar-refractivity contribution in [1.82, 2.24) is 9.88 Å². The molecule has 156 valence electrons. The molecule has 1 saturated heterocycles. The number of nitrogens with zero attached hydrogens (tertiary/aromatic N) is 2. The number of rotatable bonds is 7. The molecule has 0 atom stereocenters. The van der Waals surface area contributed by atoms with Crippen LogP contribution in [0, 0.1) is 6.92 Å². The van der Waals surface area contributed by atoms with Crippen LogP contribution in [-0.4, -0.2) is 28.9 Å². The van der Waals surface area contributed by atoms with Gasteiger partial charge in [-0.15, -0.1) is 23.1 Å². The van der Waals surface area contributed by atoms with Crippen LogP contribution in [0.25, 0.3) is 0 Å². The molecule has 1 aliphatic rings. The van der Waals surface area contributed by atoms with Crippen molar-refractivity contribution < 1.29 is 4.79 Å². The van der Waals surface area contributed by atoms with Gasteiger partial charge < -0.3 is 5.32 Å². The molecule has 2 heterocycles. The van der Waals surface area contributed by atoms with Gasteiger partial charge in [0.15, 0.2) is 0 Å². The molecule has 0 unspecified atom stereocenters. The maximum absolute atomic E-state index is 12.7. The molecule has 0 bridgehead atoms. The molecule has 1 fully saturated rings. The van der Waals surface area contributed by atoms with Crippen molar-refractivity contribution in [3.05, 3.63) is 75.7 Å². The topological polar surface area (TPSA) is 45.2 Å². The number of carbonyl (C=O) groups is 1. The standard InChI is InChI=1S/C24H27N3OS2/c1-18-25-22(16-29-18)17-30-23-10-8-20(9-11-23)24(28)26-21-7-5-6-19(14-21)15-27-12-3-2-4-13-27/h5-11,14,16H,2-4,12-13,15,17H2,1H3,(H,26,28). The number of piperidine rings is 1. The summed E-state index contributed by atoms with van der Waals surface area (Å²) in [6.07, 6.45) is 3.91. The molecule has 1 aliphatic heterocycles. The Labute approximate surface area is 186 Å². The lowest BCUT2D eigenvalue weighted by atomic mass is 10.1. The second kappa shape index (κ2) is 10.2. The van der Waals surface area contributed by atoms with Crippen LogP contribution in [0.1, 0.15) is 45.9 Å². The molecule has 4 rings (SSSR count). The Bertz CT molecular complexity index is 978. The Morgan fingerprint density at radius 3 is 2.67 bits per heavy atom. The molecule has 0 aliphatic carbocycles. The van der Waals surface area contributed by atoms with E-state index in [0.717, 1.165) is 33.6 Å². The van der Waals surface area contributed by atoms with Crippen molar-refractivity contribution in [2.45, 2.75) is 43.4 Å². The highest BCUT2D eigenvalue weighted by atomic mass is 32.2. The summed E-state index contributed by atoms with van der Waals surface area (Å²) in [7, 11) is 0. The lowest BCUT2D eigenvalue weighted by Crippen LogP contribution is -2.29. The van der Waals surface area contributed by atoms with Crippen molar-refractivity contribution in [2.75, 3.05) is 18.4 Å². The largest absolute Gasteiger partial charge is 0.322 e. The highest BCUT2D eigenvalue weighted by molar-refractivity contribution is 7.98. The first-order valence-electron chi connectivity index (χ1n) is 10.4. The molecule has 6 heteroatoms. The molecule has 1 amide bonds. The Balaban J connectivity index is 1.32. The zero-order valence-corrected chi connectivity index (χ0v) is 18.9. The first-order valence-corrected chi connectivity index (χ1v) is 12.3. The van der Waals surface area contributed by atoms with E-state index in [1.807, 2.05) is 43.3 Å². The lowest BCUT2D eigenvalue weighted by Gasteiger charge is -2.26. The number of likely N-dealkylation sites (tertiary alicyclic amines) is 1. The molecular weight excluding hydrogens is 410 g/mol. The van der Waals surface area contributed by atoms with Gasteiger partial charge in [0.1, 0.15) is 0 Å². The predicted molar refractivity (Wildman–Crippen MR) is 126 cm³/mol. The van der Waals surface area contributed by atoms with Crippen LogP contribution < -0.4 is 5.32 Å². The van der Waals surface area contributed by atoms with Gasteiger partial charge in [-0.1, -0.05) is 18.6 Å². The molecule has 30 heavy (non-hydrogen) atoms. The van der Waals surface area contributed by atoms with Crippen molar-refractivity contribution in [1.29, 1.82) is 0 Å². The normalized spacial score (nSPS) is 14.6. The first kappa shape index (κ1) is 21.1. The molecule has 3 aromatic rings. The molecule has 1 N–H and O–H groups in total. The predicted octanol–water partition coefficient (Wildman–Crippen LogP) is 5.98. The molecule has 1 aromatic heterocycles. The van der Waals surface area contributed by atoms with E-state index in [2.05, 4.69) is 32.7 Å². The third kappa shape index (κ3) is 5.94. The quantitative estimate of drug-likeness (QED) is 0.462. The summed E-state index contributed by atoms with van der Waals surface area (Å²) < 4.78 is 0. The van der Waals surface area contributed by atoms with Gasteiger partial charge in [0.25, 0.3) is 5.91 Å². The average Bonchev–Trinajstić information content (AvgIpc) is 3.19. The number of thiazole rings is 1. The third-order valence-electron chi connectivity index (χ3n) is 5.21. The monoisotopic (exact) mass is 437 g/mol. The fraction of sp³-hybridized carbons (Fsp3) is 0.333. The Hall–Kier alpha value is -2.15. The van der Waals surface area contributed by atoms with Crippen LogP contribution in [0.15, 0.2) is 58.8 Å². The van der Waals surface area contributed by atoms with E-state index in [0.29, 0.717) is 5.56 Å². The Morgan fingerprint density at radius 1 is 1.13 bits per heavy atom. The summed E-state index contributed by atoms with van der Waals surface area (Å²) in [4.78, 5) is 20.8. The summed E-state index contributed by atoms with van der Waals surface area (Å²) in [5, 5.41) is 6.24. The number of aryl methyl sites for hydroxylation is 1. The van der Waals surface area contributed by atoms with Gasteiger partial charge in [0.2, 0.25) is 0 Å². The lowest BCUT2D eigenvalue weighted by molar-refractivity contribution is 0.102. The number of nitrogens with one attached hydrogen (secondary N) is 1. The maximum atomic E-state index is 12.7. The van der Waals surface area contributed by atoms with E-state index in [1.165, 1.54) is 37.9 Å². The van der Waals surface area contributed by atoms with Gasteiger partial charge in [-0.2, -0.15) is 0 Å². The second-order valence-electron chi connectivity index (χ2n) is 7.66. The molecular formula is C24H27N3OS2. The number of benzene rings is 2. The summed E-state index contributed by atoms with van der Waals surface area (Å²) >= 11 is 3.41.